The molecule has 0 amide bonds. The van der Waals surface area contributed by atoms with Crippen molar-refractivity contribution in [1.29, 1.82) is 0 Å². The lowest BCUT2D eigenvalue weighted by molar-refractivity contribution is -0.275. The minimum atomic E-state index is -5.12. The van der Waals surface area contributed by atoms with Crippen molar-refractivity contribution >= 4 is 5.97 Å². The first-order chi connectivity index (χ1) is 8.19. The summed E-state index contributed by atoms with van der Waals surface area (Å²) in [4.78, 5) is 10.4. The van der Waals surface area contributed by atoms with Crippen molar-refractivity contribution in [3.8, 4) is 5.75 Å². The maximum absolute atomic E-state index is 12.4. The van der Waals surface area contributed by atoms with Crippen molar-refractivity contribution in [2.45, 2.75) is 19.2 Å². The number of hydrogen-bond donors (Lipinski definition) is 1. The second-order valence-electron chi connectivity index (χ2n) is 3.29. The van der Waals surface area contributed by atoms with E-state index in [1.807, 2.05) is 0 Å². The maximum Gasteiger partial charge on any atom is 0.573 e. The lowest BCUT2D eigenvalue weighted by atomic mass is 10.1. The zero-order valence-electron chi connectivity index (χ0n) is 8.67. The van der Waals surface area contributed by atoms with Crippen molar-refractivity contribution < 1.29 is 36.6 Å². The van der Waals surface area contributed by atoms with Crippen LogP contribution >= 0.6 is 0 Å². The van der Waals surface area contributed by atoms with Gasteiger partial charge in [-0.15, -0.1) is 13.2 Å². The van der Waals surface area contributed by atoms with Gasteiger partial charge in [0.25, 0.3) is 6.43 Å². The monoisotopic (exact) mass is 270 g/mol. The van der Waals surface area contributed by atoms with E-state index in [9.17, 15) is 26.7 Å². The fraction of sp³-hybridized carbons (Fsp3) is 0.300. The number of carboxylic acid groups (broad SMARTS) is 1. The van der Waals surface area contributed by atoms with Gasteiger partial charge in [-0.05, 0) is 17.7 Å². The van der Waals surface area contributed by atoms with E-state index in [0.717, 1.165) is 6.07 Å². The van der Waals surface area contributed by atoms with E-state index >= 15 is 0 Å². The molecule has 1 rings (SSSR count). The van der Waals surface area contributed by atoms with E-state index in [2.05, 4.69) is 4.74 Å². The van der Waals surface area contributed by atoms with Crippen LogP contribution in [0.2, 0.25) is 0 Å². The molecule has 0 saturated carbocycles. The molecule has 0 aromatic heterocycles. The van der Waals surface area contributed by atoms with Crippen LogP contribution in [0, 0.1) is 0 Å². The average molecular weight is 270 g/mol. The van der Waals surface area contributed by atoms with Crippen LogP contribution in [0.1, 0.15) is 17.6 Å². The van der Waals surface area contributed by atoms with E-state index in [-0.39, 0.29) is 5.56 Å². The Morgan fingerprint density at radius 3 is 2.39 bits per heavy atom. The lowest BCUT2D eigenvalue weighted by Crippen LogP contribution is -2.18. The van der Waals surface area contributed by atoms with Gasteiger partial charge in [0, 0.05) is 0 Å². The van der Waals surface area contributed by atoms with E-state index in [4.69, 9.17) is 5.11 Å². The second-order valence-corrected chi connectivity index (χ2v) is 3.29. The molecule has 0 unspecified atom stereocenters. The van der Waals surface area contributed by atoms with Crippen molar-refractivity contribution in [3.05, 3.63) is 29.3 Å². The molecule has 18 heavy (non-hydrogen) atoms. The van der Waals surface area contributed by atoms with Crippen LogP contribution in [-0.4, -0.2) is 17.4 Å². The van der Waals surface area contributed by atoms with Crippen molar-refractivity contribution in [2.75, 3.05) is 0 Å². The summed E-state index contributed by atoms with van der Waals surface area (Å²) in [5, 5.41) is 8.46. The molecule has 0 bridgehead atoms. The van der Waals surface area contributed by atoms with Gasteiger partial charge in [0.1, 0.15) is 5.75 Å². The average Bonchev–Trinajstić information content (AvgIpc) is 2.13. The van der Waals surface area contributed by atoms with E-state index in [0.29, 0.717) is 12.1 Å². The molecule has 0 aliphatic heterocycles. The molecule has 0 radical (unpaired) electrons. The predicted molar refractivity (Wildman–Crippen MR) is 49.4 cm³/mol. The Balaban J connectivity index is 3.11. The van der Waals surface area contributed by atoms with Crippen LogP contribution in [0.5, 0.6) is 5.75 Å². The van der Waals surface area contributed by atoms with Crippen LogP contribution in [-0.2, 0) is 11.2 Å². The van der Waals surface area contributed by atoms with Gasteiger partial charge in [0.05, 0.1) is 12.0 Å². The Morgan fingerprint density at radius 2 is 1.94 bits per heavy atom. The molecule has 0 heterocycles. The first-order valence-electron chi connectivity index (χ1n) is 4.57. The first kappa shape index (κ1) is 14.2. The smallest absolute Gasteiger partial charge is 0.481 e. The summed E-state index contributed by atoms with van der Waals surface area (Å²) in [6, 6.07) is 2.37. The van der Waals surface area contributed by atoms with Crippen molar-refractivity contribution in [2.24, 2.45) is 0 Å². The summed E-state index contributed by atoms with van der Waals surface area (Å²) in [5.41, 5.74) is -1.01. The van der Waals surface area contributed by atoms with Crippen LogP contribution in [0.4, 0.5) is 22.0 Å². The van der Waals surface area contributed by atoms with E-state index in [1.54, 1.807) is 0 Å². The number of carbonyl (C=O) groups is 1. The Morgan fingerprint density at radius 1 is 1.33 bits per heavy atom. The van der Waals surface area contributed by atoms with Gasteiger partial charge >= 0.3 is 12.3 Å². The Bertz CT molecular complexity index is 442. The van der Waals surface area contributed by atoms with Gasteiger partial charge in [-0.1, -0.05) is 6.07 Å². The lowest BCUT2D eigenvalue weighted by Gasteiger charge is -2.13. The zero-order valence-corrected chi connectivity index (χ0v) is 8.67. The van der Waals surface area contributed by atoms with Gasteiger partial charge in [-0.2, -0.15) is 0 Å². The number of ether oxygens (including phenoxy) is 1. The summed E-state index contributed by atoms with van der Waals surface area (Å²) in [5.74, 6) is -2.38. The largest absolute Gasteiger partial charge is 0.573 e. The molecule has 0 aliphatic carbocycles. The predicted octanol–water partition coefficient (Wildman–Crippen LogP) is 3.15. The fourth-order valence-electron chi connectivity index (χ4n) is 1.26. The van der Waals surface area contributed by atoms with Gasteiger partial charge in [0.2, 0.25) is 0 Å². The van der Waals surface area contributed by atoms with Crippen molar-refractivity contribution in [1.82, 2.24) is 0 Å². The Labute approximate surface area is 97.8 Å². The molecule has 0 saturated heterocycles. The fourth-order valence-corrected chi connectivity index (χ4v) is 1.26. The summed E-state index contributed by atoms with van der Waals surface area (Å²) in [6.45, 7) is 0. The molecule has 0 spiro atoms. The summed E-state index contributed by atoms with van der Waals surface area (Å²) in [7, 11) is 0. The highest BCUT2D eigenvalue weighted by molar-refractivity contribution is 5.70. The number of benzene rings is 1. The number of hydrogen-bond acceptors (Lipinski definition) is 2. The number of aliphatic carboxylic acids is 1. The van der Waals surface area contributed by atoms with Crippen LogP contribution < -0.4 is 4.74 Å². The highest BCUT2D eigenvalue weighted by atomic mass is 19.4. The molecule has 0 fully saturated rings. The van der Waals surface area contributed by atoms with Gasteiger partial charge in [0.15, 0.2) is 0 Å². The first-order valence-corrected chi connectivity index (χ1v) is 4.57. The second kappa shape index (κ2) is 5.19. The minimum Gasteiger partial charge on any atom is -0.481 e. The van der Waals surface area contributed by atoms with E-state index in [1.165, 1.54) is 0 Å². The highest BCUT2D eigenvalue weighted by Crippen LogP contribution is 2.33. The summed E-state index contributed by atoms with van der Waals surface area (Å²) >= 11 is 0. The van der Waals surface area contributed by atoms with Crippen LogP contribution in [0.3, 0.4) is 0 Å². The third-order valence-electron chi connectivity index (χ3n) is 1.89. The van der Waals surface area contributed by atoms with Crippen LogP contribution in [0.15, 0.2) is 18.2 Å². The van der Waals surface area contributed by atoms with Crippen LogP contribution in [0.25, 0.3) is 0 Å². The van der Waals surface area contributed by atoms with Gasteiger partial charge < -0.3 is 9.84 Å². The minimum absolute atomic E-state index is 0.0637. The van der Waals surface area contributed by atoms with Gasteiger partial charge in [-0.3, -0.25) is 4.79 Å². The topological polar surface area (TPSA) is 46.5 Å². The number of carboxylic acids is 1. The number of halogens is 5. The van der Waals surface area contributed by atoms with Gasteiger partial charge in [-0.25, -0.2) is 8.78 Å². The maximum atomic E-state index is 12.4. The normalized spacial score (nSPS) is 11.7. The number of alkyl halides is 5. The molecule has 0 atom stereocenters. The molecule has 8 heteroatoms. The highest BCUT2D eigenvalue weighted by Gasteiger charge is 2.33. The zero-order chi connectivity index (χ0) is 13.9. The third kappa shape index (κ3) is 4.19. The van der Waals surface area contributed by atoms with Crippen molar-refractivity contribution in [3.63, 3.8) is 0 Å². The molecule has 1 aromatic rings. The molecule has 1 aromatic carbocycles. The third-order valence-corrected chi connectivity index (χ3v) is 1.89. The SMILES string of the molecule is O=C(O)Cc1ccc(C(F)F)c(OC(F)(F)F)c1. The number of rotatable bonds is 4. The molecular formula is C10H7F5O3. The molecule has 100 valence electrons. The quantitative estimate of drug-likeness (QED) is 0.855. The molecule has 0 aliphatic rings. The molecular weight excluding hydrogens is 263 g/mol. The van der Waals surface area contributed by atoms with E-state index < -0.39 is 36.5 Å². The standard InChI is InChI=1S/C10H7F5O3/c11-9(12)6-2-1-5(4-8(16)17)3-7(6)18-10(13,14)15/h1-3,9H,4H2,(H,16,17). The Kier molecular flexibility index (Phi) is 4.10. The molecule has 1 N–H and O–H groups in total. The summed E-state index contributed by atoms with van der Waals surface area (Å²) in [6.07, 6.45) is -8.86. The summed E-state index contributed by atoms with van der Waals surface area (Å²) < 4.78 is 64.3. The molecule has 3 nitrogen and oxygen atoms in total. The Hall–Kier alpha value is -1.86.